The topological polar surface area (TPSA) is 80.4 Å². The molecule has 0 saturated carbocycles. The second-order valence-electron chi connectivity index (χ2n) is 3.03. The van der Waals surface area contributed by atoms with Gasteiger partial charge in [0.05, 0.1) is 0 Å². The molecule has 2 rings (SSSR count). The van der Waals surface area contributed by atoms with Gasteiger partial charge in [-0.2, -0.15) is 0 Å². The fourth-order valence-electron chi connectivity index (χ4n) is 0.940. The Balaban J connectivity index is 0.000000149. The molecule has 2 aliphatic rings. The first-order chi connectivity index (χ1) is 6.52. The molecular formula is C10H11NO3. The minimum Gasteiger partial charge on any atom is -0.480 e. The number of aliphatic carboxylic acids is 1. The zero-order chi connectivity index (χ0) is 10.7. The fourth-order valence-corrected chi connectivity index (χ4v) is 0.940. The first kappa shape index (κ1) is 10.4. The molecule has 0 aromatic heterocycles. The van der Waals surface area contributed by atoms with E-state index in [1.165, 1.54) is 6.92 Å². The van der Waals surface area contributed by atoms with Crippen molar-refractivity contribution in [2.24, 2.45) is 5.73 Å². The number of carboxylic acids is 1. The summed E-state index contributed by atoms with van der Waals surface area (Å²) >= 11 is 0. The summed E-state index contributed by atoms with van der Waals surface area (Å²) in [5, 5.41) is 7.87. The highest BCUT2D eigenvalue weighted by Gasteiger charge is 2.19. The Hall–Kier alpha value is -1.68. The van der Waals surface area contributed by atoms with Gasteiger partial charge in [-0.25, -0.2) is 0 Å². The van der Waals surface area contributed by atoms with E-state index in [1.54, 1.807) is 0 Å². The van der Waals surface area contributed by atoms with Crippen LogP contribution in [0.1, 0.15) is 6.92 Å². The molecule has 0 spiro atoms. The highest BCUT2D eigenvalue weighted by Crippen LogP contribution is 2.23. The SMILES string of the molecule is CC(N)C(=O)O.O=C1C2=CC=C1C=C2. The number of allylic oxidation sites excluding steroid dienone is 6. The maximum atomic E-state index is 10.8. The molecule has 0 radical (unpaired) electrons. The number of rotatable bonds is 1. The zero-order valence-corrected chi connectivity index (χ0v) is 7.73. The lowest BCUT2D eigenvalue weighted by atomic mass is 10.2. The van der Waals surface area contributed by atoms with E-state index in [4.69, 9.17) is 10.8 Å². The predicted molar refractivity (Wildman–Crippen MR) is 51.6 cm³/mol. The van der Waals surface area contributed by atoms with Gasteiger partial charge in [0.25, 0.3) is 0 Å². The lowest BCUT2D eigenvalue weighted by molar-refractivity contribution is -0.138. The molecule has 74 valence electrons. The third-order valence-corrected chi connectivity index (χ3v) is 1.80. The van der Waals surface area contributed by atoms with Crippen LogP contribution in [-0.4, -0.2) is 22.9 Å². The number of carboxylic acid groups (broad SMARTS) is 1. The summed E-state index contributed by atoms with van der Waals surface area (Å²) in [6.07, 6.45) is 7.38. The number of carbonyl (C=O) groups is 2. The summed E-state index contributed by atoms with van der Waals surface area (Å²) < 4.78 is 0. The van der Waals surface area contributed by atoms with Gasteiger partial charge in [0.2, 0.25) is 0 Å². The van der Waals surface area contributed by atoms with Crippen LogP contribution in [0.2, 0.25) is 0 Å². The maximum absolute atomic E-state index is 10.8. The van der Waals surface area contributed by atoms with Crippen molar-refractivity contribution >= 4 is 11.8 Å². The molecule has 14 heavy (non-hydrogen) atoms. The molecule has 3 N–H and O–H groups in total. The predicted octanol–water partition coefficient (Wildman–Crippen LogP) is 0.410. The summed E-state index contributed by atoms with van der Waals surface area (Å²) in [5.74, 6) is -0.778. The first-order valence-corrected chi connectivity index (χ1v) is 4.15. The summed E-state index contributed by atoms with van der Waals surface area (Å²) in [5.41, 5.74) is 6.50. The second-order valence-corrected chi connectivity index (χ2v) is 3.03. The molecule has 0 fully saturated rings. The monoisotopic (exact) mass is 193 g/mol. The Morgan fingerprint density at radius 1 is 1.36 bits per heavy atom. The third kappa shape index (κ3) is 2.17. The normalized spacial score (nSPS) is 18.3. The van der Waals surface area contributed by atoms with Gasteiger partial charge >= 0.3 is 5.97 Å². The molecule has 0 heterocycles. The molecule has 1 unspecified atom stereocenters. The van der Waals surface area contributed by atoms with Gasteiger partial charge in [0.15, 0.2) is 5.78 Å². The lowest BCUT2D eigenvalue weighted by Gasteiger charge is -1.90. The molecule has 2 bridgehead atoms. The maximum Gasteiger partial charge on any atom is 0.320 e. The van der Waals surface area contributed by atoms with E-state index in [0.29, 0.717) is 0 Å². The Bertz CT molecular complexity index is 338. The van der Waals surface area contributed by atoms with Crippen LogP contribution in [0.25, 0.3) is 0 Å². The van der Waals surface area contributed by atoms with E-state index in [-0.39, 0.29) is 5.78 Å². The Kier molecular flexibility index (Phi) is 2.99. The van der Waals surface area contributed by atoms with Crippen LogP contribution in [-0.2, 0) is 9.59 Å². The van der Waals surface area contributed by atoms with E-state index in [0.717, 1.165) is 11.1 Å². The van der Waals surface area contributed by atoms with Crippen LogP contribution in [0.4, 0.5) is 0 Å². The van der Waals surface area contributed by atoms with Crippen molar-refractivity contribution in [3.05, 3.63) is 35.5 Å². The molecule has 2 aliphatic carbocycles. The molecule has 0 aromatic rings. The summed E-state index contributed by atoms with van der Waals surface area (Å²) in [4.78, 5) is 20.3. The highest BCUT2D eigenvalue weighted by atomic mass is 16.4. The molecule has 0 aliphatic heterocycles. The van der Waals surface area contributed by atoms with Crippen LogP contribution in [0, 0.1) is 0 Å². The van der Waals surface area contributed by atoms with Gasteiger partial charge in [-0.05, 0) is 6.92 Å². The van der Waals surface area contributed by atoms with Gasteiger partial charge in [0.1, 0.15) is 6.04 Å². The van der Waals surface area contributed by atoms with Crippen molar-refractivity contribution in [2.45, 2.75) is 13.0 Å². The van der Waals surface area contributed by atoms with E-state index in [1.807, 2.05) is 24.3 Å². The standard InChI is InChI=1S/C7H4O.C3H7NO2/c8-7-5-1-2-6(7)4-3-5;1-2(4)3(5)6/h1-4H;2H,4H2,1H3,(H,5,6). The molecule has 0 aromatic carbocycles. The van der Waals surface area contributed by atoms with E-state index < -0.39 is 12.0 Å². The highest BCUT2D eigenvalue weighted by molar-refractivity contribution is 6.17. The number of fused-ring (bicyclic) bond motifs is 2. The van der Waals surface area contributed by atoms with Crippen molar-refractivity contribution < 1.29 is 14.7 Å². The minimum atomic E-state index is -0.963. The second kappa shape index (κ2) is 4.02. The Morgan fingerprint density at radius 2 is 1.71 bits per heavy atom. The Morgan fingerprint density at radius 3 is 1.79 bits per heavy atom. The van der Waals surface area contributed by atoms with Crippen molar-refractivity contribution in [2.75, 3.05) is 0 Å². The molecule has 4 nitrogen and oxygen atoms in total. The molecular weight excluding hydrogens is 182 g/mol. The van der Waals surface area contributed by atoms with Crippen LogP contribution >= 0.6 is 0 Å². The number of Topliss-reactive ketones (excluding diaryl/α,β-unsaturated/α-hetero) is 1. The number of carbonyl (C=O) groups excluding carboxylic acids is 1. The van der Waals surface area contributed by atoms with Gasteiger partial charge in [-0.15, -0.1) is 0 Å². The smallest absolute Gasteiger partial charge is 0.320 e. The average molecular weight is 193 g/mol. The van der Waals surface area contributed by atoms with E-state index in [9.17, 15) is 9.59 Å². The number of hydrogen-bond acceptors (Lipinski definition) is 3. The fraction of sp³-hybridized carbons (Fsp3) is 0.200. The van der Waals surface area contributed by atoms with Gasteiger partial charge in [-0.3, -0.25) is 9.59 Å². The van der Waals surface area contributed by atoms with Crippen molar-refractivity contribution in [1.29, 1.82) is 0 Å². The van der Waals surface area contributed by atoms with E-state index >= 15 is 0 Å². The number of nitrogens with two attached hydrogens (primary N) is 1. The lowest BCUT2D eigenvalue weighted by Crippen LogP contribution is -2.25. The zero-order valence-electron chi connectivity index (χ0n) is 7.73. The van der Waals surface area contributed by atoms with Gasteiger partial charge in [-0.1, -0.05) is 24.3 Å². The summed E-state index contributed by atoms with van der Waals surface area (Å²) in [6.45, 7) is 1.42. The minimum absolute atomic E-state index is 0.185. The van der Waals surface area contributed by atoms with Crippen molar-refractivity contribution in [3.8, 4) is 0 Å². The number of ketones is 1. The summed E-state index contributed by atoms with van der Waals surface area (Å²) in [7, 11) is 0. The molecule has 0 saturated heterocycles. The molecule has 4 heteroatoms. The number of hydrogen-bond donors (Lipinski definition) is 2. The van der Waals surface area contributed by atoms with Crippen LogP contribution in [0.3, 0.4) is 0 Å². The molecule has 1 atom stereocenters. The van der Waals surface area contributed by atoms with Crippen molar-refractivity contribution in [3.63, 3.8) is 0 Å². The first-order valence-electron chi connectivity index (χ1n) is 4.15. The van der Waals surface area contributed by atoms with E-state index in [2.05, 4.69) is 0 Å². The largest absolute Gasteiger partial charge is 0.480 e. The van der Waals surface area contributed by atoms with Gasteiger partial charge in [0, 0.05) is 11.1 Å². The quantitative estimate of drug-likeness (QED) is 0.632. The van der Waals surface area contributed by atoms with Crippen LogP contribution < -0.4 is 5.73 Å². The van der Waals surface area contributed by atoms with Crippen molar-refractivity contribution in [1.82, 2.24) is 0 Å². The molecule has 0 amide bonds. The van der Waals surface area contributed by atoms with Gasteiger partial charge < -0.3 is 10.8 Å². The van der Waals surface area contributed by atoms with Crippen LogP contribution in [0.5, 0.6) is 0 Å². The Labute approximate surface area is 81.4 Å². The van der Waals surface area contributed by atoms with Crippen LogP contribution in [0.15, 0.2) is 35.5 Å². The third-order valence-electron chi connectivity index (χ3n) is 1.80. The average Bonchev–Trinajstić information content (AvgIpc) is 2.65. The summed E-state index contributed by atoms with van der Waals surface area (Å²) in [6, 6.07) is -0.731.